The first-order valence-electron chi connectivity index (χ1n) is 4.34. The predicted octanol–water partition coefficient (Wildman–Crippen LogP) is 0.740. The van der Waals surface area contributed by atoms with Gasteiger partial charge in [0.1, 0.15) is 0 Å². The van der Waals surface area contributed by atoms with Gasteiger partial charge < -0.3 is 9.45 Å². The average molecular weight is 190 g/mol. The minimum Gasteiger partial charge on any atom is -0.772 e. The van der Waals surface area contributed by atoms with Crippen molar-refractivity contribution in [2.45, 2.75) is 31.4 Å². The number of hydrogen-bond acceptors (Lipinski definition) is 3. The van der Waals surface area contributed by atoms with E-state index in [1.807, 2.05) is 0 Å². The molecule has 1 fully saturated rings. The standard InChI is InChI=1S/C8H17NO2S/c1-8(2,12(10)11)7-9-5-3-4-6-9/h3-7H2,1-2H3,(H,10,11)/p-1. The number of nitrogens with zero attached hydrogens (tertiary/aromatic N) is 1. The minimum absolute atomic E-state index is 0.593. The van der Waals surface area contributed by atoms with Crippen molar-refractivity contribution in [1.82, 2.24) is 4.90 Å². The van der Waals surface area contributed by atoms with Crippen LogP contribution in [0.1, 0.15) is 26.7 Å². The molecule has 1 atom stereocenters. The molecular formula is C8H16NO2S-. The fraction of sp³-hybridized carbons (Fsp3) is 1.00. The van der Waals surface area contributed by atoms with Crippen LogP contribution in [0, 0.1) is 0 Å². The Kier molecular flexibility index (Phi) is 3.26. The zero-order chi connectivity index (χ0) is 9.19. The van der Waals surface area contributed by atoms with Gasteiger partial charge in [-0.2, -0.15) is 0 Å². The summed E-state index contributed by atoms with van der Waals surface area (Å²) in [7, 11) is 0. The lowest BCUT2D eigenvalue weighted by Crippen LogP contribution is -2.40. The molecule has 0 saturated carbocycles. The molecule has 0 aliphatic carbocycles. The Morgan fingerprint density at radius 2 is 1.92 bits per heavy atom. The molecule has 1 rings (SSSR count). The van der Waals surface area contributed by atoms with Gasteiger partial charge in [-0.3, -0.25) is 4.21 Å². The van der Waals surface area contributed by atoms with Crippen LogP contribution < -0.4 is 0 Å². The highest BCUT2D eigenvalue weighted by molar-refractivity contribution is 7.80. The normalized spacial score (nSPS) is 22.9. The van der Waals surface area contributed by atoms with Gasteiger partial charge >= 0.3 is 0 Å². The van der Waals surface area contributed by atoms with Crippen molar-refractivity contribution >= 4 is 11.1 Å². The van der Waals surface area contributed by atoms with Gasteiger partial charge in [0.25, 0.3) is 0 Å². The van der Waals surface area contributed by atoms with E-state index in [-0.39, 0.29) is 0 Å². The van der Waals surface area contributed by atoms with Crippen molar-refractivity contribution in [3.63, 3.8) is 0 Å². The Hall–Kier alpha value is 0.0700. The molecule has 0 spiro atoms. The SMILES string of the molecule is CC(C)(CN1CCCC1)S(=O)[O-]. The van der Waals surface area contributed by atoms with E-state index in [0.29, 0.717) is 6.54 Å². The van der Waals surface area contributed by atoms with Gasteiger partial charge in [0.15, 0.2) is 0 Å². The van der Waals surface area contributed by atoms with Crippen molar-refractivity contribution < 1.29 is 8.76 Å². The summed E-state index contributed by atoms with van der Waals surface area (Å²) in [6, 6.07) is 0. The summed E-state index contributed by atoms with van der Waals surface area (Å²) in [6.07, 6.45) is 2.42. The molecule has 12 heavy (non-hydrogen) atoms. The van der Waals surface area contributed by atoms with E-state index in [4.69, 9.17) is 0 Å². The average Bonchev–Trinajstić information content (AvgIpc) is 2.38. The third-order valence-electron chi connectivity index (χ3n) is 2.25. The largest absolute Gasteiger partial charge is 0.772 e. The summed E-state index contributed by atoms with van der Waals surface area (Å²) < 4.78 is 21.0. The van der Waals surface area contributed by atoms with Crippen LogP contribution in [0.2, 0.25) is 0 Å². The summed E-state index contributed by atoms with van der Waals surface area (Å²) in [5.74, 6) is 0. The highest BCUT2D eigenvalue weighted by Crippen LogP contribution is 2.16. The molecule has 3 nitrogen and oxygen atoms in total. The molecule has 1 saturated heterocycles. The molecule has 1 heterocycles. The Morgan fingerprint density at radius 1 is 1.42 bits per heavy atom. The summed E-state index contributed by atoms with van der Waals surface area (Å²) in [5, 5.41) is 0. The highest BCUT2D eigenvalue weighted by Gasteiger charge is 2.24. The molecular weight excluding hydrogens is 174 g/mol. The predicted molar refractivity (Wildman–Crippen MR) is 48.7 cm³/mol. The van der Waals surface area contributed by atoms with Gasteiger partial charge in [0.05, 0.1) is 0 Å². The molecule has 0 aromatic heterocycles. The van der Waals surface area contributed by atoms with Crippen LogP contribution in [-0.2, 0) is 11.1 Å². The molecule has 0 aromatic carbocycles. The first-order valence-corrected chi connectivity index (χ1v) is 5.41. The van der Waals surface area contributed by atoms with Crippen LogP contribution in [-0.4, -0.2) is 38.0 Å². The monoisotopic (exact) mass is 190 g/mol. The summed E-state index contributed by atoms with van der Waals surface area (Å²) >= 11 is -1.96. The van der Waals surface area contributed by atoms with E-state index < -0.39 is 15.8 Å². The maximum absolute atomic E-state index is 10.8. The second kappa shape index (κ2) is 3.85. The van der Waals surface area contributed by atoms with Crippen molar-refractivity contribution in [2.75, 3.05) is 19.6 Å². The van der Waals surface area contributed by atoms with Crippen molar-refractivity contribution in [2.24, 2.45) is 0 Å². The lowest BCUT2D eigenvalue weighted by molar-refractivity contribution is 0.303. The lowest BCUT2D eigenvalue weighted by Gasteiger charge is -2.31. The van der Waals surface area contributed by atoms with Gasteiger partial charge in [-0.1, -0.05) is 0 Å². The number of rotatable bonds is 3. The van der Waals surface area contributed by atoms with Crippen LogP contribution in [0.15, 0.2) is 0 Å². The van der Waals surface area contributed by atoms with Crippen LogP contribution in [0.25, 0.3) is 0 Å². The zero-order valence-electron chi connectivity index (χ0n) is 7.71. The second-order valence-electron chi connectivity index (χ2n) is 3.98. The lowest BCUT2D eigenvalue weighted by atomic mass is 10.2. The Bertz CT molecular complexity index is 176. The van der Waals surface area contributed by atoms with E-state index >= 15 is 0 Å². The summed E-state index contributed by atoms with van der Waals surface area (Å²) in [5.41, 5.74) is 0. The van der Waals surface area contributed by atoms with Gasteiger partial charge in [0, 0.05) is 11.3 Å². The quantitative estimate of drug-likeness (QED) is 0.616. The van der Waals surface area contributed by atoms with E-state index in [1.165, 1.54) is 12.8 Å². The molecule has 0 bridgehead atoms. The van der Waals surface area contributed by atoms with Crippen molar-refractivity contribution in [3.8, 4) is 0 Å². The molecule has 0 amide bonds. The third-order valence-corrected chi connectivity index (χ3v) is 3.29. The fourth-order valence-corrected chi connectivity index (χ4v) is 1.82. The Morgan fingerprint density at radius 3 is 2.33 bits per heavy atom. The van der Waals surface area contributed by atoms with Gasteiger partial charge in [0.2, 0.25) is 0 Å². The van der Waals surface area contributed by atoms with E-state index in [9.17, 15) is 8.76 Å². The Balaban J connectivity index is 2.42. The number of likely N-dealkylation sites (tertiary alicyclic amines) is 1. The molecule has 0 aromatic rings. The third kappa shape index (κ3) is 2.54. The Labute approximate surface area is 76.4 Å². The van der Waals surface area contributed by atoms with E-state index in [2.05, 4.69) is 4.90 Å². The van der Waals surface area contributed by atoms with Crippen LogP contribution in [0.4, 0.5) is 0 Å². The van der Waals surface area contributed by atoms with E-state index in [1.54, 1.807) is 13.8 Å². The smallest absolute Gasteiger partial charge is 0.0398 e. The van der Waals surface area contributed by atoms with Gasteiger partial charge in [-0.25, -0.2) is 0 Å². The highest BCUT2D eigenvalue weighted by atomic mass is 32.2. The molecule has 1 aliphatic heterocycles. The molecule has 1 aliphatic rings. The summed E-state index contributed by atoms with van der Waals surface area (Å²) in [6.45, 7) is 6.33. The second-order valence-corrected chi connectivity index (χ2v) is 5.55. The van der Waals surface area contributed by atoms with E-state index in [0.717, 1.165) is 13.1 Å². The molecule has 1 unspecified atom stereocenters. The topological polar surface area (TPSA) is 43.4 Å². The first kappa shape index (κ1) is 10.2. The maximum atomic E-state index is 10.8. The van der Waals surface area contributed by atoms with Crippen LogP contribution in [0.3, 0.4) is 0 Å². The molecule has 0 radical (unpaired) electrons. The zero-order valence-corrected chi connectivity index (χ0v) is 8.52. The molecule has 4 heteroatoms. The first-order chi connectivity index (χ1) is 5.52. The fourth-order valence-electron chi connectivity index (χ4n) is 1.53. The summed E-state index contributed by atoms with van der Waals surface area (Å²) in [4.78, 5) is 2.22. The molecule has 72 valence electrons. The van der Waals surface area contributed by atoms with Crippen LogP contribution in [0.5, 0.6) is 0 Å². The molecule has 0 N–H and O–H groups in total. The minimum atomic E-state index is -1.96. The van der Waals surface area contributed by atoms with Crippen molar-refractivity contribution in [1.29, 1.82) is 0 Å². The van der Waals surface area contributed by atoms with Crippen LogP contribution >= 0.6 is 0 Å². The maximum Gasteiger partial charge on any atom is 0.0398 e. The number of hydrogen-bond donors (Lipinski definition) is 0. The van der Waals surface area contributed by atoms with Gasteiger partial charge in [-0.05, 0) is 50.9 Å². The van der Waals surface area contributed by atoms with Crippen molar-refractivity contribution in [3.05, 3.63) is 0 Å². The van der Waals surface area contributed by atoms with Gasteiger partial charge in [-0.15, -0.1) is 0 Å².